The lowest BCUT2D eigenvalue weighted by atomic mass is 9.79. The summed E-state index contributed by atoms with van der Waals surface area (Å²) in [6, 6.07) is 2.11. The summed E-state index contributed by atoms with van der Waals surface area (Å²) in [4.78, 5) is 12.1. The van der Waals surface area contributed by atoms with Crippen LogP contribution in [0.1, 0.15) is 30.5 Å². The van der Waals surface area contributed by atoms with E-state index in [9.17, 15) is 4.79 Å². The molecule has 0 bridgehead atoms. The number of carbonyl (C=O) groups is 1. The Hall–Kier alpha value is -1.26. The topological polar surface area (TPSA) is 64.3 Å². The number of nitrogens with two attached hydrogens (primary N) is 1. The number of ether oxygens (including phenoxy) is 1. The van der Waals surface area contributed by atoms with Crippen LogP contribution in [-0.2, 0) is 17.6 Å². The van der Waals surface area contributed by atoms with Gasteiger partial charge >= 0.3 is 0 Å². The largest absolute Gasteiger partial charge is 0.488 e. The standard InChI is InChI=1S/C15H20N2O2.ClH/c1-8-4-9-5-10(7-16)19-13(9)11-6-15(2,3)14(18)17-12(8)11;/h4,10H,5-7,16H2,1-3H3,(H,17,18);1H. The SMILES string of the molecule is Cc1cc2c(c3c1NC(=O)C(C)(C)C3)OC(CN)C2.Cl. The van der Waals surface area contributed by atoms with Crippen molar-refractivity contribution < 1.29 is 9.53 Å². The molecular weight excluding hydrogens is 276 g/mol. The second-order valence-electron chi connectivity index (χ2n) is 6.23. The van der Waals surface area contributed by atoms with Crippen molar-refractivity contribution in [1.82, 2.24) is 0 Å². The van der Waals surface area contributed by atoms with Crippen LogP contribution in [-0.4, -0.2) is 18.6 Å². The fourth-order valence-corrected chi connectivity index (χ4v) is 2.98. The summed E-state index contributed by atoms with van der Waals surface area (Å²) in [5.41, 5.74) is 9.71. The van der Waals surface area contributed by atoms with Gasteiger partial charge in [-0.1, -0.05) is 19.9 Å². The molecule has 0 fully saturated rings. The average molecular weight is 297 g/mol. The van der Waals surface area contributed by atoms with E-state index >= 15 is 0 Å². The van der Waals surface area contributed by atoms with E-state index in [1.54, 1.807) is 0 Å². The van der Waals surface area contributed by atoms with Crippen molar-refractivity contribution in [3.8, 4) is 5.75 Å². The highest BCUT2D eigenvalue weighted by atomic mass is 35.5. The zero-order valence-corrected chi connectivity index (χ0v) is 12.9. The number of amides is 1. The van der Waals surface area contributed by atoms with Crippen LogP contribution in [0.3, 0.4) is 0 Å². The summed E-state index contributed by atoms with van der Waals surface area (Å²) >= 11 is 0. The van der Waals surface area contributed by atoms with Gasteiger partial charge in [0.05, 0.1) is 5.69 Å². The van der Waals surface area contributed by atoms with Crippen molar-refractivity contribution in [3.05, 3.63) is 22.8 Å². The maximum Gasteiger partial charge on any atom is 0.230 e. The molecule has 0 aliphatic carbocycles. The second-order valence-corrected chi connectivity index (χ2v) is 6.23. The third kappa shape index (κ3) is 2.17. The highest BCUT2D eigenvalue weighted by Gasteiger charge is 2.38. The highest BCUT2D eigenvalue weighted by Crippen LogP contribution is 2.45. The van der Waals surface area contributed by atoms with Crippen LogP contribution in [0.5, 0.6) is 5.75 Å². The molecular formula is C15H21ClN2O2. The molecule has 0 radical (unpaired) electrons. The van der Waals surface area contributed by atoms with Crippen LogP contribution < -0.4 is 15.8 Å². The van der Waals surface area contributed by atoms with E-state index in [0.717, 1.165) is 35.4 Å². The molecule has 3 rings (SSSR count). The van der Waals surface area contributed by atoms with Crippen molar-refractivity contribution in [2.24, 2.45) is 11.1 Å². The summed E-state index contributed by atoms with van der Waals surface area (Å²) in [5, 5.41) is 3.03. The van der Waals surface area contributed by atoms with Gasteiger partial charge in [0, 0.05) is 23.9 Å². The molecule has 1 unspecified atom stereocenters. The van der Waals surface area contributed by atoms with Crippen molar-refractivity contribution in [3.63, 3.8) is 0 Å². The first-order valence-corrected chi connectivity index (χ1v) is 6.76. The number of rotatable bonds is 1. The number of aryl methyl sites for hydroxylation is 1. The fourth-order valence-electron chi connectivity index (χ4n) is 2.98. The van der Waals surface area contributed by atoms with E-state index in [4.69, 9.17) is 10.5 Å². The van der Waals surface area contributed by atoms with Crippen molar-refractivity contribution >= 4 is 24.0 Å². The van der Waals surface area contributed by atoms with Crippen LogP contribution in [0.25, 0.3) is 0 Å². The molecule has 3 N–H and O–H groups in total. The number of hydrogen-bond acceptors (Lipinski definition) is 3. The van der Waals surface area contributed by atoms with Crippen LogP contribution >= 0.6 is 12.4 Å². The first-order chi connectivity index (χ1) is 8.92. The number of anilines is 1. The Morgan fingerprint density at radius 2 is 2.20 bits per heavy atom. The molecule has 1 aromatic rings. The van der Waals surface area contributed by atoms with E-state index in [0.29, 0.717) is 6.54 Å². The summed E-state index contributed by atoms with van der Waals surface area (Å²) in [6.45, 7) is 6.50. The molecule has 1 amide bonds. The Bertz CT molecular complexity index is 569. The van der Waals surface area contributed by atoms with Crippen LogP contribution in [0.4, 0.5) is 5.69 Å². The van der Waals surface area contributed by atoms with E-state index in [-0.39, 0.29) is 24.4 Å². The molecule has 1 aromatic carbocycles. The average Bonchev–Trinajstić information content (AvgIpc) is 2.74. The molecule has 4 nitrogen and oxygen atoms in total. The van der Waals surface area contributed by atoms with Crippen molar-refractivity contribution in [2.45, 2.75) is 39.7 Å². The molecule has 20 heavy (non-hydrogen) atoms. The third-order valence-electron chi connectivity index (χ3n) is 4.12. The monoisotopic (exact) mass is 296 g/mol. The van der Waals surface area contributed by atoms with Gasteiger partial charge in [-0.25, -0.2) is 0 Å². The Morgan fingerprint density at radius 3 is 2.85 bits per heavy atom. The molecule has 2 heterocycles. The number of benzene rings is 1. The van der Waals surface area contributed by atoms with Gasteiger partial charge in [0.15, 0.2) is 0 Å². The van der Waals surface area contributed by atoms with E-state index in [2.05, 4.69) is 11.4 Å². The van der Waals surface area contributed by atoms with Gasteiger partial charge in [-0.2, -0.15) is 0 Å². The Labute approximate surface area is 125 Å². The zero-order valence-electron chi connectivity index (χ0n) is 12.1. The maximum atomic E-state index is 12.1. The van der Waals surface area contributed by atoms with Crippen LogP contribution in [0.15, 0.2) is 6.07 Å². The van der Waals surface area contributed by atoms with Gasteiger partial charge in [-0.15, -0.1) is 12.4 Å². The van der Waals surface area contributed by atoms with Crippen LogP contribution in [0.2, 0.25) is 0 Å². The minimum atomic E-state index is -0.390. The quantitative estimate of drug-likeness (QED) is 0.835. The predicted molar refractivity (Wildman–Crippen MR) is 81.7 cm³/mol. The molecule has 1 atom stereocenters. The molecule has 110 valence electrons. The van der Waals surface area contributed by atoms with Crippen molar-refractivity contribution in [2.75, 3.05) is 11.9 Å². The maximum absolute atomic E-state index is 12.1. The summed E-state index contributed by atoms with van der Waals surface area (Å²) in [5.74, 6) is 1.03. The highest BCUT2D eigenvalue weighted by molar-refractivity contribution is 5.99. The number of carbonyl (C=O) groups excluding carboxylic acids is 1. The van der Waals surface area contributed by atoms with E-state index < -0.39 is 5.41 Å². The number of halogens is 1. The fraction of sp³-hybridized carbons (Fsp3) is 0.533. The molecule has 0 aromatic heterocycles. The van der Waals surface area contributed by atoms with Gasteiger partial charge in [0.25, 0.3) is 0 Å². The molecule has 0 saturated carbocycles. The number of nitrogens with one attached hydrogen (secondary N) is 1. The Balaban J connectivity index is 0.00000147. The Kier molecular flexibility index (Phi) is 3.73. The molecule has 5 heteroatoms. The van der Waals surface area contributed by atoms with E-state index in [1.807, 2.05) is 20.8 Å². The number of fused-ring (bicyclic) bond motifs is 3. The van der Waals surface area contributed by atoms with Gasteiger partial charge in [0.2, 0.25) is 5.91 Å². The molecule has 0 spiro atoms. The minimum Gasteiger partial charge on any atom is -0.488 e. The van der Waals surface area contributed by atoms with Gasteiger partial charge in [-0.3, -0.25) is 4.79 Å². The first-order valence-electron chi connectivity index (χ1n) is 6.76. The second kappa shape index (κ2) is 4.93. The third-order valence-corrected chi connectivity index (χ3v) is 4.12. The predicted octanol–water partition coefficient (Wildman–Crippen LogP) is 2.20. The lowest BCUT2D eigenvalue weighted by Crippen LogP contribution is -2.37. The zero-order chi connectivity index (χ0) is 13.8. The minimum absolute atomic E-state index is 0. The van der Waals surface area contributed by atoms with Gasteiger partial charge in [-0.05, 0) is 24.5 Å². The van der Waals surface area contributed by atoms with Crippen LogP contribution in [0, 0.1) is 12.3 Å². The molecule has 2 aliphatic rings. The van der Waals surface area contributed by atoms with Gasteiger partial charge in [0.1, 0.15) is 11.9 Å². The lowest BCUT2D eigenvalue weighted by molar-refractivity contribution is -0.124. The van der Waals surface area contributed by atoms with E-state index in [1.165, 1.54) is 5.56 Å². The lowest BCUT2D eigenvalue weighted by Gasteiger charge is -2.32. The number of hydrogen-bond donors (Lipinski definition) is 2. The summed E-state index contributed by atoms with van der Waals surface area (Å²) < 4.78 is 5.96. The smallest absolute Gasteiger partial charge is 0.230 e. The molecule has 0 saturated heterocycles. The van der Waals surface area contributed by atoms with Crippen molar-refractivity contribution in [1.29, 1.82) is 0 Å². The Morgan fingerprint density at radius 1 is 1.50 bits per heavy atom. The molecule has 2 aliphatic heterocycles. The summed E-state index contributed by atoms with van der Waals surface area (Å²) in [6.07, 6.45) is 1.66. The summed E-state index contributed by atoms with van der Waals surface area (Å²) in [7, 11) is 0. The first kappa shape index (κ1) is 15.1. The van der Waals surface area contributed by atoms with Gasteiger partial charge < -0.3 is 15.8 Å². The normalized spacial score (nSPS) is 22.2.